The number of hydrogen-bond donors (Lipinski definition) is 1. The topological polar surface area (TPSA) is 61.9 Å². The van der Waals surface area contributed by atoms with Gasteiger partial charge in [0.1, 0.15) is 17.2 Å². The molecule has 0 radical (unpaired) electrons. The highest BCUT2D eigenvalue weighted by Gasteiger charge is 2.45. The maximum atomic E-state index is 13.9. The molecule has 1 N–H and O–H groups in total. The molecule has 0 aromatic heterocycles. The number of rotatable bonds is 4. The maximum Gasteiger partial charge on any atom is 0.410 e. The summed E-state index contributed by atoms with van der Waals surface area (Å²) in [5.74, 6) is -2.39. The minimum absolute atomic E-state index is 0.147. The van der Waals surface area contributed by atoms with Crippen molar-refractivity contribution in [2.75, 3.05) is 19.7 Å². The average molecular weight is 421 g/mol. The van der Waals surface area contributed by atoms with Gasteiger partial charge in [0, 0.05) is 30.7 Å². The summed E-state index contributed by atoms with van der Waals surface area (Å²) in [6.45, 7) is 3.80. The Labute approximate surface area is 175 Å². The molecule has 8 heteroatoms. The van der Waals surface area contributed by atoms with Crippen LogP contribution in [0, 0.1) is 11.6 Å². The number of nitrogens with zero attached hydrogens (tertiary/aromatic N) is 2. The van der Waals surface area contributed by atoms with E-state index in [-0.39, 0.29) is 24.2 Å². The van der Waals surface area contributed by atoms with E-state index in [4.69, 9.17) is 4.74 Å². The third-order valence-corrected chi connectivity index (χ3v) is 6.68. The Balaban J connectivity index is 1.37. The van der Waals surface area contributed by atoms with Gasteiger partial charge in [-0.1, -0.05) is 6.07 Å². The van der Waals surface area contributed by atoms with Gasteiger partial charge >= 0.3 is 6.09 Å². The molecule has 0 saturated carbocycles. The number of piperidine rings is 2. The maximum absolute atomic E-state index is 13.9. The molecule has 3 atom stereocenters. The molecule has 3 aliphatic heterocycles. The molecule has 0 aliphatic carbocycles. The average Bonchev–Trinajstić information content (AvgIpc) is 2.98. The normalized spacial score (nSPS) is 29.0. The molecule has 2 amide bonds. The standard InChI is InChI=1S/C22H29F2N3O3/c1-2-30-22(29)27-15-8-9-16(27)12-17(11-15)26-10-4-5-14(13-26)25-21(28)20-18(23)6-3-7-19(20)24/h3,6-7,14-17H,2,4-5,8-13H2,1H3,(H,25,28)/t14-,15?,16?,17?/m1/s1. The van der Waals surface area contributed by atoms with Gasteiger partial charge in [-0.05, 0) is 64.1 Å². The highest BCUT2D eigenvalue weighted by molar-refractivity contribution is 5.94. The van der Waals surface area contributed by atoms with Crippen LogP contribution in [-0.2, 0) is 4.74 Å². The van der Waals surface area contributed by atoms with Crippen molar-refractivity contribution in [3.8, 4) is 0 Å². The molecule has 30 heavy (non-hydrogen) atoms. The molecule has 3 aliphatic rings. The summed E-state index contributed by atoms with van der Waals surface area (Å²) in [7, 11) is 0. The van der Waals surface area contributed by atoms with Crippen LogP contribution in [0.25, 0.3) is 0 Å². The summed E-state index contributed by atoms with van der Waals surface area (Å²) in [6.07, 6.45) is 5.29. The zero-order chi connectivity index (χ0) is 21.3. The molecule has 1 aromatic rings. The molecular weight excluding hydrogens is 392 g/mol. The summed E-state index contributed by atoms with van der Waals surface area (Å²) in [4.78, 5) is 29.0. The third kappa shape index (κ3) is 4.15. The van der Waals surface area contributed by atoms with Crippen molar-refractivity contribution in [2.45, 2.75) is 69.6 Å². The van der Waals surface area contributed by atoms with E-state index in [1.807, 2.05) is 11.8 Å². The van der Waals surface area contributed by atoms with Crippen LogP contribution in [0.3, 0.4) is 0 Å². The molecule has 3 fully saturated rings. The molecule has 2 bridgehead atoms. The zero-order valence-electron chi connectivity index (χ0n) is 17.3. The van der Waals surface area contributed by atoms with Crippen LogP contribution in [0.1, 0.15) is 55.8 Å². The Morgan fingerprint density at radius 1 is 1.10 bits per heavy atom. The lowest BCUT2D eigenvalue weighted by atomic mass is 9.93. The van der Waals surface area contributed by atoms with Gasteiger partial charge in [-0.3, -0.25) is 9.69 Å². The molecule has 2 unspecified atom stereocenters. The Bertz CT molecular complexity index is 772. The van der Waals surface area contributed by atoms with E-state index in [2.05, 4.69) is 10.2 Å². The second-order valence-electron chi connectivity index (χ2n) is 8.52. The molecular formula is C22H29F2N3O3. The van der Waals surface area contributed by atoms with E-state index in [0.717, 1.165) is 57.2 Å². The Kier molecular flexibility index (Phi) is 6.22. The van der Waals surface area contributed by atoms with Crippen molar-refractivity contribution in [1.29, 1.82) is 0 Å². The molecule has 1 aromatic carbocycles. The summed E-state index contributed by atoms with van der Waals surface area (Å²) in [6, 6.07) is 4.05. The first-order chi connectivity index (χ1) is 14.5. The number of halogens is 2. The van der Waals surface area contributed by atoms with Gasteiger partial charge in [-0.25, -0.2) is 13.6 Å². The zero-order valence-corrected chi connectivity index (χ0v) is 17.3. The fraction of sp³-hybridized carbons (Fsp3) is 0.636. The first kappa shape index (κ1) is 21.0. The van der Waals surface area contributed by atoms with Crippen molar-refractivity contribution in [3.63, 3.8) is 0 Å². The van der Waals surface area contributed by atoms with Gasteiger partial charge in [0.05, 0.1) is 6.61 Å². The number of ether oxygens (including phenoxy) is 1. The summed E-state index contributed by atoms with van der Waals surface area (Å²) in [5.41, 5.74) is -0.518. The second kappa shape index (κ2) is 8.88. The van der Waals surface area contributed by atoms with Crippen LogP contribution in [0.5, 0.6) is 0 Å². The van der Waals surface area contributed by atoms with Crippen molar-refractivity contribution >= 4 is 12.0 Å². The van der Waals surface area contributed by atoms with E-state index in [0.29, 0.717) is 19.2 Å². The first-order valence-electron chi connectivity index (χ1n) is 10.9. The monoisotopic (exact) mass is 421 g/mol. The lowest BCUT2D eigenvalue weighted by Gasteiger charge is -2.45. The van der Waals surface area contributed by atoms with Crippen LogP contribution in [0.15, 0.2) is 18.2 Å². The quantitative estimate of drug-likeness (QED) is 0.810. The van der Waals surface area contributed by atoms with Gasteiger partial charge in [-0.15, -0.1) is 0 Å². The lowest BCUT2D eigenvalue weighted by Crippen LogP contribution is -2.56. The predicted octanol–water partition coefficient (Wildman–Crippen LogP) is 3.31. The van der Waals surface area contributed by atoms with E-state index in [9.17, 15) is 18.4 Å². The summed E-state index contributed by atoms with van der Waals surface area (Å²) in [5, 5.41) is 2.82. The largest absolute Gasteiger partial charge is 0.450 e. The minimum atomic E-state index is -0.844. The van der Waals surface area contributed by atoms with Crippen LogP contribution < -0.4 is 5.32 Å². The Morgan fingerprint density at radius 3 is 2.40 bits per heavy atom. The van der Waals surface area contributed by atoms with Gasteiger partial charge < -0.3 is 15.0 Å². The van der Waals surface area contributed by atoms with E-state index in [1.165, 1.54) is 6.07 Å². The van der Waals surface area contributed by atoms with Crippen LogP contribution in [0.2, 0.25) is 0 Å². The number of carbonyl (C=O) groups is 2. The number of nitrogens with one attached hydrogen (secondary N) is 1. The first-order valence-corrected chi connectivity index (χ1v) is 10.9. The number of amides is 2. The van der Waals surface area contributed by atoms with Gasteiger partial charge in [0.2, 0.25) is 0 Å². The summed E-state index contributed by atoms with van der Waals surface area (Å²) >= 11 is 0. The van der Waals surface area contributed by atoms with Gasteiger partial charge in [0.25, 0.3) is 5.91 Å². The number of fused-ring (bicyclic) bond motifs is 2. The Morgan fingerprint density at radius 2 is 1.77 bits per heavy atom. The fourth-order valence-corrected chi connectivity index (χ4v) is 5.37. The van der Waals surface area contributed by atoms with Crippen molar-refractivity contribution in [2.24, 2.45) is 0 Å². The number of hydrogen-bond acceptors (Lipinski definition) is 4. The molecule has 3 saturated heterocycles. The van der Waals surface area contributed by atoms with Crippen LogP contribution >= 0.6 is 0 Å². The van der Waals surface area contributed by atoms with Crippen molar-refractivity contribution in [3.05, 3.63) is 35.4 Å². The van der Waals surface area contributed by atoms with Crippen LogP contribution in [0.4, 0.5) is 13.6 Å². The van der Waals surface area contributed by atoms with E-state index < -0.39 is 23.1 Å². The molecule has 6 nitrogen and oxygen atoms in total. The minimum Gasteiger partial charge on any atom is -0.450 e. The molecule has 3 heterocycles. The predicted molar refractivity (Wildman–Crippen MR) is 107 cm³/mol. The van der Waals surface area contributed by atoms with Gasteiger partial charge in [0.15, 0.2) is 0 Å². The van der Waals surface area contributed by atoms with Crippen molar-refractivity contribution < 1.29 is 23.1 Å². The summed E-state index contributed by atoms with van der Waals surface area (Å²) < 4.78 is 33.1. The number of carbonyl (C=O) groups excluding carboxylic acids is 2. The Hall–Kier alpha value is -2.22. The van der Waals surface area contributed by atoms with E-state index in [1.54, 1.807) is 0 Å². The highest BCUT2D eigenvalue weighted by Crippen LogP contribution is 2.38. The molecule has 164 valence electrons. The highest BCUT2D eigenvalue weighted by atomic mass is 19.1. The molecule has 4 rings (SSSR count). The number of benzene rings is 1. The smallest absolute Gasteiger partial charge is 0.410 e. The van der Waals surface area contributed by atoms with Crippen LogP contribution in [-0.4, -0.2) is 65.7 Å². The lowest BCUT2D eigenvalue weighted by molar-refractivity contribution is 0.0308. The van der Waals surface area contributed by atoms with Gasteiger partial charge in [-0.2, -0.15) is 0 Å². The van der Waals surface area contributed by atoms with Crippen molar-refractivity contribution in [1.82, 2.24) is 15.1 Å². The molecule has 0 spiro atoms. The fourth-order valence-electron chi connectivity index (χ4n) is 5.37. The van der Waals surface area contributed by atoms with E-state index >= 15 is 0 Å². The second-order valence-corrected chi connectivity index (χ2v) is 8.52. The third-order valence-electron chi connectivity index (χ3n) is 6.68. The SMILES string of the molecule is CCOC(=O)N1C2CCC1CC(N1CCC[C@@H](NC(=O)c3c(F)cccc3F)C1)C2. The number of likely N-dealkylation sites (tertiary alicyclic amines) is 1.